The fourth-order valence-electron chi connectivity index (χ4n) is 8.03. The lowest BCUT2D eigenvalue weighted by Gasteiger charge is -2.32. The number of primary amides is 2. The minimum Gasteiger partial charge on any atom is -0.491 e. The van der Waals surface area contributed by atoms with Crippen molar-refractivity contribution in [2.45, 2.75) is 60.3 Å². The van der Waals surface area contributed by atoms with E-state index in [1.165, 1.54) is 17.2 Å². The van der Waals surface area contributed by atoms with Crippen molar-refractivity contribution in [2.24, 2.45) is 11.5 Å². The minimum absolute atomic E-state index is 0.172. The van der Waals surface area contributed by atoms with E-state index in [0.717, 1.165) is 11.4 Å². The lowest BCUT2D eigenvalue weighted by molar-refractivity contribution is 0.0991. The number of piperazine rings is 1. The van der Waals surface area contributed by atoms with Crippen LogP contribution in [0.4, 0.5) is 10.7 Å². The van der Waals surface area contributed by atoms with Gasteiger partial charge in [-0.15, -0.1) is 0 Å². The van der Waals surface area contributed by atoms with Crippen LogP contribution in [0.15, 0.2) is 54.9 Å². The van der Waals surface area contributed by atoms with E-state index < -0.39 is 23.8 Å². The Kier molecular flexibility index (Phi) is 12.1. The van der Waals surface area contributed by atoms with E-state index in [2.05, 4.69) is 30.4 Å². The standard InChI is InChI=1S/C43H49N15O6/c1-5-57-32(18-25(3)51-57)38-46-24-30-29-20-27(36(44)59)22-34(64-17-9-10-53-13-15-54(16-14-53)43(62)63)35(29)55(39(30)49-38)11-7-8-12-56-40-31(21-28(23-47-40)37(45)60)48-42(56)50-41(61)33-19-26(4)52-58(33)6-2/h7-8,18-24H,5-6,9-17H2,1-4H3,(H2,44,59)(H2,45,60)(H,62,63)(H,48,50,61)/b8-7+. The number of hydrogen-bond acceptors (Lipinski definition) is 12. The number of rotatable bonds is 16. The minimum atomic E-state index is -0.915. The van der Waals surface area contributed by atoms with Gasteiger partial charge in [-0.25, -0.2) is 24.7 Å². The molecule has 21 nitrogen and oxygen atoms in total. The third-order valence-corrected chi connectivity index (χ3v) is 11.2. The van der Waals surface area contributed by atoms with Crippen LogP contribution in [-0.2, 0) is 26.2 Å². The number of amides is 4. The van der Waals surface area contributed by atoms with E-state index in [1.54, 1.807) is 33.6 Å². The first-order chi connectivity index (χ1) is 30.8. The van der Waals surface area contributed by atoms with Crippen LogP contribution in [0.25, 0.3) is 44.6 Å². The number of fused-ring (bicyclic) bond motifs is 4. The molecule has 4 amide bonds. The molecule has 7 heterocycles. The molecule has 1 fully saturated rings. The molecule has 6 N–H and O–H groups in total. The maximum atomic E-state index is 13.6. The number of nitrogens with two attached hydrogens (primary N) is 2. The average molecular weight is 872 g/mol. The van der Waals surface area contributed by atoms with E-state index in [-0.39, 0.29) is 30.2 Å². The molecule has 0 radical (unpaired) electrons. The quantitative estimate of drug-likeness (QED) is 0.0796. The molecule has 0 unspecified atom stereocenters. The number of carboxylic acid groups (broad SMARTS) is 1. The Morgan fingerprint density at radius 1 is 0.797 bits per heavy atom. The molecule has 7 aromatic rings. The highest BCUT2D eigenvalue weighted by molar-refractivity contribution is 6.12. The molecule has 0 aliphatic carbocycles. The molecule has 1 aromatic carbocycles. The van der Waals surface area contributed by atoms with Gasteiger partial charge in [-0.2, -0.15) is 10.2 Å². The van der Waals surface area contributed by atoms with Gasteiger partial charge in [-0.3, -0.25) is 38.5 Å². The molecule has 332 valence electrons. The summed E-state index contributed by atoms with van der Waals surface area (Å²) in [6, 6.07) is 8.53. The zero-order chi connectivity index (χ0) is 45.2. The van der Waals surface area contributed by atoms with Crippen molar-refractivity contribution < 1.29 is 29.0 Å². The molecule has 0 spiro atoms. The van der Waals surface area contributed by atoms with Crippen LogP contribution in [-0.4, -0.2) is 127 Å². The fourth-order valence-corrected chi connectivity index (χ4v) is 8.03. The van der Waals surface area contributed by atoms with Crippen LogP contribution in [0.3, 0.4) is 0 Å². The average Bonchev–Trinajstić information content (AvgIpc) is 4.04. The number of nitrogens with zero attached hydrogens (tertiary/aromatic N) is 12. The van der Waals surface area contributed by atoms with Gasteiger partial charge in [0.15, 0.2) is 11.5 Å². The lowest BCUT2D eigenvalue weighted by atomic mass is 10.1. The van der Waals surface area contributed by atoms with Gasteiger partial charge in [-0.1, -0.05) is 12.2 Å². The molecule has 1 aliphatic rings. The Morgan fingerprint density at radius 3 is 2.20 bits per heavy atom. The van der Waals surface area contributed by atoms with Crippen molar-refractivity contribution in [2.75, 3.05) is 44.6 Å². The van der Waals surface area contributed by atoms with E-state index in [0.29, 0.717) is 115 Å². The first kappa shape index (κ1) is 43.0. The molecule has 1 saturated heterocycles. The predicted molar refractivity (Wildman–Crippen MR) is 237 cm³/mol. The summed E-state index contributed by atoms with van der Waals surface area (Å²) in [6.45, 7) is 12.3. The summed E-state index contributed by atoms with van der Waals surface area (Å²) in [7, 11) is 0. The molecule has 8 rings (SSSR count). The number of pyridine rings is 1. The van der Waals surface area contributed by atoms with Crippen LogP contribution in [0.2, 0.25) is 0 Å². The van der Waals surface area contributed by atoms with Gasteiger partial charge in [0.25, 0.3) is 5.91 Å². The predicted octanol–water partition coefficient (Wildman–Crippen LogP) is 3.82. The number of aromatic nitrogens is 10. The lowest BCUT2D eigenvalue weighted by Crippen LogP contribution is -2.48. The Labute approximate surface area is 366 Å². The zero-order valence-electron chi connectivity index (χ0n) is 36.0. The maximum Gasteiger partial charge on any atom is 0.407 e. The fraction of sp³-hybridized carbons (Fsp3) is 0.349. The summed E-state index contributed by atoms with van der Waals surface area (Å²) < 4.78 is 13.7. The Hall–Kier alpha value is -7.68. The summed E-state index contributed by atoms with van der Waals surface area (Å²) in [5.41, 5.74) is 16.5. The number of nitrogens with one attached hydrogen (secondary N) is 1. The number of allylic oxidation sites excluding steroid dienone is 2. The second-order valence-electron chi connectivity index (χ2n) is 15.5. The van der Waals surface area contributed by atoms with Gasteiger partial charge < -0.3 is 30.8 Å². The van der Waals surface area contributed by atoms with Gasteiger partial charge in [0.1, 0.15) is 28.3 Å². The maximum absolute atomic E-state index is 13.6. The number of imidazole rings is 1. The van der Waals surface area contributed by atoms with Crippen molar-refractivity contribution in [1.82, 2.24) is 58.4 Å². The Bertz CT molecular complexity index is 2970. The smallest absolute Gasteiger partial charge is 0.407 e. The first-order valence-electron chi connectivity index (χ1n) is 21.0. The summed E-state index contributed by atoms with van der Waals surface area (Å²) in [4.78, 5) is 72.4. The van der Waals surface area contributed by atoms with Gasteiger partial charge in [0.05, 0.1) is 29.1 Å². The Morgan fingerprint density at radius 2 is 1.50 bits per heavy atom. The number of hydrogen-bond donors (Lipinski definition) is 4. The van der Waals surface area contributed by atoms with E-state index in [1.807, 2.05) is 55.2 Å². The second kappa shape index (κ2) is 18.0. The third kappa shape index (κ3) is 8.56. The van der Waals surface area contributed by atoms with Crippen LogP contribution in [0.1, 0.15) is 62.9 Å². The number of ether oxygens (including phenoxy) is 1. The number of anilines is 1. The summed E-state index contributed by atoms with van der Waals surface area (Å²) >= 11 is 0. The highest BCUT2D eigenvalue weighted by Crippen LogP contribution is 2.36. The molecular formula is C43H49N15O6. The van der Waals surface area contributed by atoms with E-state index in [9.17, 15) is 24.3 Å². The van der Waals surface area contributed by atoms with Crippen molar-refractivity contribution in [1.29, 1.82) is 0 Å². The van der Waals surface area contributed by atoms with Crippen molar-refractivity contribution in [3.05, 3.63) is 83.1 Å². The highest BCUT2D eigenvalue weighted by atomic mass is 16.5. The number of aryl methyl sites for hydroxylation is 4. The van der Waals surface area contributed by atoms with Gasteiger partial charge in [0, 0.05) is 87.6 Å². The zero-order valence-corrected chi connectivity index (χ0v) is 36.0. The molecular weight excluding hydrogens is 823 g/mol. The van der Waals surface area contributed by atoms with Crippen LogP contribution >= 0.6 is 0 Å². The SMILES string of the molecule is CCn1nc(C)cc1C(=O)Nc1nc2cc(C(N)=O)cnc2n1C/C=C/Cn1c2nc(-c3cc(C)nn3CC)ncc2c2cc(C(N)=O)cc(OCCCN3CCN(C(=O)O)CC3)c21. The summed E-state index contributed by atoms with van der Waals surface area (Å²) in [5, 5.41) is 22.6. The van der Waals surface area contributed by atoms with Crippen LogP contribution in [0.5, 0.6) is 5.75 Å². The molecule has 0 atom stereocenters. The normalized spacial score (nSPS) is 13.5. The molecule has 6 aromatic heterocycles. The topological polar surface area (TPSA) is 265 Å². The third-order valence-electron chi connectivity index (χ3n) is 11.2. The van der Waals surface area contributed by atoms with E-state index in [4.69, 9.17) is 26.2 Å². The van der Waals surface area contributed by atoms with Gasteiger partial charge in [-0.05, 0) is 64.4 Å². The monoisotopic (exact) mass is 871 g/mol. The molecule has 64 heavy (non-hydrogen) atoms. The van der Waals surface area contributed by atoms with Crippen LogP contribution in [0, 0.1) is 13.8 Å². The molecule has 21 heteroatoms. The molecule has 1 aliphatic heterocycles. The summed E-state index contributed by atoms with van der Waals surface area (Å²) in [5.74, 6) is -0.588. The van der Waals surface area contributed by atoms with Crippen molar-refractivity contribution >= 4 is 62.9 Å². The molecule has 0 saturated carbocycles. The second-order valence-corrected chi connectivity index (χ2v) is 15.5. The largest absolute Gasteiger partial charge is 0.491 e. The van der Waals surface area contributed by atoms with Crippen molar-refractivity contribution in [3.63, 3.8) is 0 Å². The first-order valence-corrected chi connectivity index (χ1v) is 21.0. The summed E-state index contributed by atoms with van der Waals surface area (Å²) in [6.07, 6.45) is 6.68. The number of carbonyl (C=O) groups excluding carboxylic acids is 3. The Balaban J connectivity index is 1.15. The molecule has 0 bridgehead atoms. The van der Waals surface area contributed by atoms with Gasteiger partial charge >= 0.3 is 6.09 Å². The number of benzene rings is 1. The van der Waals surface area contributed by atoms with E-state index >= 15 is 0 Å². The van der Waals surface area contributed by atoms with Crippen LogP contribution < -0.4 is 21.5 Å². The highest BCUT2D eigenvalue weighted by Gasteiger charge is 2.24. The van der Waals surface area contributed by atoms with Gasteiger partial charge in [0.2, 0.25) is 17.8 Å². The van der Waals surface area contributed by atoms with Crippen molar-refractivity contribution in [3.8, 4) is 17.3 Å². The number of carbonyl (C=O) groups is 4.